The van der Waals surface area contributed by atoms with E-state index in [-0.39, 0.29) is 18.1 Å². The molecule has 0 aromatic heterocycles. The van der Waals surface area contributed by atoms with E-state index in [4.69, 9.17) is 14.0 Å². The van der Waals surface area contributed by atoms with Gasteiger partial charge in [-0.25, -0.2) is 0 Å². The Kier molecular flexibility index (Phi) is 6.55. The number of benzene rings is 1. The summed E-state index contributed by atoms with van der Waals surface area (Å²) in [5.41, 5.74) is 0.524. The number of hydrogen-bond acceptors (Lipinski definition) is 8. The average molecular weight is 391 g/mol. The van der Waals surface area contributed by atoms with E-state index in [1.54, 1.807) is 12.1 Å². The molecule has 1 saturated heterocycles. The average Bonchev–Trinajstić information content (AvgIpc) is 2.54. The molecule has 0 bridgehead atoms. The second-order valence-corrected chi connectivity index (χ2v) is 7.48. The molecule has 11 heteroatoms. The van der Waals surface area contributed by atoms with Crippen molar-refractivity contribution in [2.75, 3.05) is 11.1 Å². The fraction of sp³-hybridized carbons (Fsp3) is 0.533. The van der Waals surface area contributed by atoms with E-state index >= 15 is 0 Å². The number of carbonyl (C=O) groups excluding carboxylic acids is 1. The van der Waals surface area contributed by atoms with Gasteiger partial charge in [0.15, 0.2) is 0 Å². The topological polar surface area (TPSA) is 163 Å². The number of rotatable bonds is 6. The Balaban J connectivity index is 2.05. The molecule has 0 radical (unpaired) electrons. The van der Waals surface area contributed by atoms with Crippen LogP contribution in [0.15, 0.2) is 24.3 Å². The van der Waals surface area contributed by atoms with Gasteiger partial charge in [-0.05, 0) is 30.7 Å². The number of nitrogens with one attached hydrogen (secondary N) is 1. The van der Waals surface area contributed by atoms with Gasteiger partial charge in [-0.3, -0.25) is 9.35 Å². The first-order valence-corrected chi connectivity index (χ1v) is 9.37. The molecule has 0 saturated carbocycles. The minimum Gasteiger partial charge on any atom is -0.462 e. The summed E-state index contributed by atoms with van der Waals surface area (Å²) in [5.74, 6) is -0.681. The maximum Gasteiger partial charge on any atom is 0.264 e. The molecular weight excluding hydrogens is 370 g/mol. The Bertz CT molecular complexity index is 721. The molecule has 26 heavy (non-hydrogen) atoms. The standard InChI is InChI=1S/C15H21NO9S/c1-8(17)16-9-2-4-10(5-3-9)24-15-14(20)13(19)12(18)11(25-15)6-7-26(21,22)23/h2-5,11-15,18-20H,6-7H2,1H3,(H,16,17)(H,21,22,23)/t11-,12-,13+,14+,15+/m1/s1. The lowest BCUT2D eigenvalue weighted by Crippen LogP contribution is -2.59. The molecule has 5 N–H and O–H groups in total. The summed E-state index contributed by atoms with van der Waals surface area (Å²) in [6, 6.07) is 6.08. The lowest BCUT2D eigenvalue weighted by Gasteiger charge is -2.40. The molecule has 1 aromatic carbocycles. The van der Waals surface area contributed by atoms with Crippen LogP contribution in [0.1, 0.15) is 13.3 Å². The highest BCUT2D eigenvalue weighted by Crippen LogP contribution is 2.26. The molecule has 146 valence electrons. The van der Waals surface area contributed by atoms with E-state index in [9.17, 15) is 28.5 Å². The van der Waals surface area contributed by atoms with Gasteiger partial charge in [0.2, 0.25) is 12.2 Å². The van der Waals surface area contributed by atoms with Crippen molar-refractivity contribution in [1.82, 2.24) is 0 Å². The Labute approximate surface area is 150 Å². The van der Waals surface area contributed by atoms with Crippen LogP contribution < -0.4 is 10.1 Å². The second kappa shape index (κ2) is 8.29. The highest BCUT2D eigenvalue weighted by molar-refractivity contribution is 7.85. The summed E-state index contributed by atoms with van der Waals surface area (Å²) in [5, 5.41) is 32.4. The molecule has 2 rings (SSSR count). The lowest BCUT2D eigenvalue weighted by molar-refractivity contribution is -0.272. The maximum absolute atomic E-state index is 11.0. The number of aliphatic hydroxyl groups is 3. The first-order chi connectivity index (χ1) is 12.1. The van der Waals surface area contributed by atoms with E-state index in [1.807, 2.05) is 0 Å². The predicted octanol–water partition coefficient (Wildman–Crippen LogP) is -0.891. The zero-order valence-corrected chi connectivity index (χ0v) is 14.7. The fourth-order valence-electron chi connectivity index (χ4n) is 2.47. The molecule has 0 unspecified atom stereocenters. The summed E-state index contributed by atoms with van der Waals surface area (Å²) >= 11 is 0. The van der Waals surface area contributed by atoms with E-state index in [1.165, 1.54) is 19.1 Å². The summed E-state index contributed by atoms with van der Waals surface area (Å²) in [7, 11) is -4.28. The van der Waals surface area contributed by atoms with E-state index in [2.05, 4.69) is 5.32 Å². The summed E-state index contributed by atoms with van der Waals surface area (Å²) in [6.45, 7) is 1.36. The summed E-state index contributed by atoms with van der Waals surface area (Å²) in [6.07, 6.45) is -7.59. The number of ether oxygens (including phenoxy) is 2. The van der Waals surface area contributed by atoms with Crippen LogP contribution in [0.2, 0.25) is 0 Å². The smallest absolute Gasteiger partial charge is 0.264 e. The SMILES string of the molecule is CC(=O)Nc1ccc(O[C@H]2O[C@H](CCS(=O)(=O)O)[C@@H](O)[C@H](O)[C@@H]2O)cc1. The zero-order chi connectivity index (χ0) is 19.5. The molecule has 10 nitrogen and oxygen atoms in total. The minimum atomic E-state index is -4.28. The van der Waals surface area contributed by atoms with Crippen molar-refractivity contribution in [3.63, 3.8) is 0 Å². The lowest BCUT2D eigenvalue weighted by atomic mass is 9.97. The molecule has 1 amide bonds. The van der Waals surface area contributed by atoms with Gasteiger partial charge in [0, 0.05) is 12.6 Å². The quantitative estimate of drug-likeness (QED) is 0.387. The number of carbonyl (C=O) groups is 1. The molecule has 1 aliphatic rings. The maximum atomic E-state index is 11.0. The third-order valence-electron chi connectivity index (χ3n) is 3.76. The van der Waals surface area contributed by atoms with Gasteiger partial charge in [-0.2, -0.15) is 8.42 Å². The predicted molar refractivity (Wildman–Crippen MR) is 89.1 cm³/mol. The molecular formula is C15H21NO9S. The Morgan fingerprint density at radius 3 is 2.31 bits per heavy atom. The normalized spacial score (nSPS) is 29.2. The third-order valence-corrected chi connectivity index (χ3v) is 4.51. The largest absolute Gasteiger partial charge is 0.462 e. The van der Waals surface area contributed by atoms with Crippen LogP contribution in [0, 0.1) is 0 Å². The first kappa shape index (κ1) is 20.6. The Hall–Kier alpha value is -1.76. The van der Waals surface area contributed by atoms with Crippen LogP contribution in [0.5, 0.6) is 5.75 Å². The Morgan fingerprint density at radius 2 is 1.77 bits per heavy atom. The van der Waals surface area contributed by atoms with Crippen molar-refractivity contribution in [3.05, 3.63) is 24.3 Å². The highest BCUT2D eigenvalue weighted by atomic mass is 32.2. The first-order valence-electron chi connectivity index (χ1n) is 7.76. The van der Waals surface area contributed by atoms with Gasteiger partial charge < -0.3 is 30.1 Å². The minimum absolute atomic E-state index is 0.247. The molecule has 1 aliphatic heterocycles. The van der Waals surface area contributed by atoms with Crippen molar-refractivity contribution >= 4 is 21.7 Å². The van der Waals surface area contributed by atoms with Crippen molar-refractivity contribution in [2.24, 2.45) is 0 Å². The third kappa shape index (κ3) is 5.62. The summed E-state index contributed by atoms with van der Waals surface area (Å²) in [4.78, 5) is 11.0. The van der Waals surface area contributed by atoms with Gasteiger partial charge in [-0.15, -0.1) is 0 Å². The van der Waals surface area contributed by atoms with Crippen LogP contribution >= 0.6 is 0 Å². The van der Waals surface area contributed by atoms with Crippen LogP contribution in [0.4, 0.5) is 5.69 Å². The van der Waals surface area contributed by atoms with Crippen molar-refractivity contribution < 1.29 is 42.6 Å². The highest BCUT2D eigenvalue weighted by Gasteiger charge is 2.45. The van der Waals surface area contributed by atoms with Crippen LogP contribution in [0.25, 0.3) is 0 Å². The van der Waals surface area contributed by atoms with E-state index in [0.29, 0.717) is 5.69 Å². The Morgan fingerprint density at radius 1 is 1.15 bits per heavy atom. The van der Waals surface area contributed by atoms with E-state index in [0.717, 1.165) is 0 Å². The molecule has 1 fully saturated rings. The van der Waals surface area contributed by atoms with Gasteiger partial charge in [-0.1, -0.05) is 0 Å². The van der Waals surface area contributed by atoms with E-state index < -0.39 is 46.6 Å². The van der Waals surface area contributed by atoms with Gasteiger partial charge >= 0.3 is 0 Å². The number of amides is 1. The van der Waals surface area contributed by atoms with Crippen LogP contribution in [0.3, 0.4) is 0 Å². The molecule has 1 heterocycles. The fourth-order valence-corrected chi connectivity index (χ4v) is 3.00. The number of aliphatic hydroxyl groups excluding tert-OH is 3. The summed E-state index contributed by atoms with van der Waals surface area (Å²) < 4.78 is 41.3. The number of anilines is 1. The van der Waals surface area contributed by atoms with Crippen molar-refractivity contribution in [3.8, 4) is 5.75 Å². The van der Waals surface area contributed by atoms with Gasteiger partial charge in [0.1, 0.15) is 24.1 Å². The van der Waals surface area contributed by atoms with Crippen molar-refractivity contribution in [1.29, 1.82) is 0 Å². The second-order valence-electron chi connectivity index (χ2n) is 5.91. The number of hydrogen-bond donors (Lipinski definition) is 5. The molecule has 0 spiro atoms. The van der Waals surface area contributed by atoms with Gasteiger partial charge in [0.05, 0.1) is 11.9 Å². The van der Waals surface area contributed by atoms with Crippen molar-refractivity contribution in [2.45, 2.75) is 44.1 Å². The van der Waals surface area contributed by atoms with Crippen LogP contribution in [-0.2, 0) is 19.6 Å². The molecule has 1 aromatic rings. The van der Waals surface area contributed by atoms with Crippen LogP contribution in [-0.4, -0.2) is 70.7 Å². The van der Waals surface area contributed by atoms with Gasteiger partial charge in [0.25, 0.3) is 10.1 Å². The molecule has 5 atom stereocenters. The monoisotopic (exact) mass is 391 g/mol. The molecule has 0 aliphatic carbocycles. The zero-order valence-electron chi connectivity index (χ0n) is 13.8.